The molecular formula is C14H21N7O2. The molecule has 0 aliphatic carbocycles. The normalized spacial score (nSPS) is 17.3. The van der Waals surface area contributed by atoms with Gasteiger partial charge >= 0.3 is 6.03 Å². The van der Waals surface area contributed by atoms with Crippen LogP contribution in [0.3, 0.4) is 0 Å². The van der Waals surface area contributed by atoms with Crippen LogP contribution in [-0.4, -0.2) is 44.0 Å². The largest absolute Gasteiger partial charge is 0.381 e. The van der Waals surface area contributed by atoms with Gasteiger partial charge in [0.05, 0.1) is 32.1 Å². The minimum absolute atomic E-state index is 0.291. The van der Waals surface area contributed by atoms with Crippen LogP contribution in [0.1, 0.15) is 19.0 Å². The van der Waals surface area contributed by atoms with Gasteiger partial charge in [-0.3, -0.25) is 5.32 Å². The number of carbonyl (C=O) groups is 1. The van der Waals surface area contributed by atoms with E-state index in [9.17, 15) is 4.79 Å². The van der Waals surface area contributed by atoms with Crippen LogP contribution < -0.4 is 10.6 Å². The number of rotatable bonds is 6. The summed E-state index contributed by atoms with van der Waals surface area (Å²) in [6, 6.07) is 1.49. The number of carbonyl (C=O) groups excluding carboxylic acids is 1. The Kier molecular flexibility index (Phi) is 4.86. The van der Waals surface area contributed by atoms with E-state index < -0.39 is 0 Å². The standard InChI is InChI=1S/C14H21N7O2/c1-2-21-17-8-12(19-21)7-15-14(22)18-13-3-5-16-20(13)9-11-4-6-23-10-11/h3,5,8,11H,2,4,6-7,9-10H2,1H3,(H2,15,18,22). The second kappa shape index (κ2) is 7.23. The summed E-state index contributed by atoms with van der Waals surface area (Å²) in [4.78, 5) is 13.6. The number of aromatic nitrogens is 5. The fourth-order valence-electron chi connectivity index (χ4n) is 2.45. The molecule has 0 aromatic carbocycles. The molecule has 0 radical (unpaired) electrons. The average Bonchev–Trinajstić information content (AvgIpc) is 3.28. The third kappa shape index (κ3) is 4.07. The highest BCUT2D eigenvalue weighted by Crippen LogP contribution is 2.17. The van der Waals surface area contributed by atoms with Gasteiger partial charge in [0.15, 0.2) is 0 Å². The maximum Gasteiger partial charge on any atom is 0.320 e. The highest BCUT2D eigenvalue weighted by molar-refractivity contribution is 5.88. The summed E-state index contributed by atoms with van der Waals surface area (Å²) < 4.78 is 7.17. The lowest BCUT2D eigenvalue weighted by atomic mass is 10.1. The molecule has 9 nitrogen and oxygen atoms in total. The van der Waals surface area contributed by atoms with E-state index >= 15 is 0 Å². The molecule has 124 valence electrons. The zero-order valence-corrected chi connectivity index (χ0v) is 13.1. The van der Waals surface area contributed by atoms with Gasteiger partial charge < -0.3 is 10.1 Å². The van der Waals surface area contributed by atoms with Gasteiger partial charge in [0.1, 0.15) is 11.5 Å². The third-order valence-electron chi connectivity index (χ3n) is 3.71. The quantitative estimate of drug-likeness (QED) is 0.822. The number of nitrogens with one attached hydrogen (secondary N) is 2. The molecule has 2 aromatic rings. The molecule has 3 rings (SSSR count). The smallest absolute Gasteiger partial charge is 0.320 e. The van der Waals surface area contributed by atoms with Crippen molar-refractivity contribution in [1.82, 2.24) is 30.1 Å². The molecule has 3 heterocycles. The van der Waals surface area contributed by atoms with Gasteiger partial charge in [0, 0.05) is 25.1 Å². The van der Waals surface area contributed by atoms with E-state index in [2.05, 4.69) is 25.9 Å². The van der Waals surface area contributed by atoms with Gasteiger partial charge in [-0.15, -0.1) is 0 Å². The fraction of sp³-hybridized carbons (Fsp3) is 0.571. The molecule has 1 unspecified atom stereocenters. The molecule has 2 amide bonds. The van der Waals surface area contributed by atoms with Crippen molar-refractivity contribution in [1.29, 1.82) is 0 Å². The van der Waals surface area contributed by atoms with Crippen molar-refractivity contribution < 1.29 is 9.53 Å². The molecule has 1 saturated heterocycles. The molecule has 1 aliphatic heterocycles. The number of urea groups is 1. The molecule has 1 aliphatic rings. The monoisotopic (exact) mass is 319 g/mol. The van der Waals surface area contributed by atoms with E-state index in [1.54, 1.807) is 27.9 Å². The van der Waals surface area contributed by atoms with Crippen molar-refractivity contribution >= 4 is 11.8 Å². The molecule has 1 fully saturated rings. The van der Waals surface area contributed by atoms with Crippen LogP contribution in [0, 0.1) is 5.92 Å². The van der Waals surface area contributed by atoms with Crippen molar-refractivity contribution in [2.75, 3.05) is 18.5 Å². The van der Waals surface area contributed by atoms with Crippen molar-refractivity contribution in [3.05, 3.63) is 24.2 Å². The molecule has 23 heavy (non-hydrogen) atoms. The van der Waals surface area contributed by atoms with Gasteiger partial charge in [-0.2, -0.15) is 20.1 Å². The van der Waals surface area contributed by atoms with Crippen LogP contribution in [0.2, 0.25) is 0 Å². The van der Waals surface area contributed by atoms with E-state index in [1.165, 1.54) is 0 Å². The third-order valence-corrected chi connectivity index (χ3v) is 3.71. The summed E-state index contributed by atoms with van der Waals surface area (Å²) in [7, 11) is 0. The summed E-state index contributed by atoms with van der Waals surface area (Å²) in [5.74, 6) is 1.12. The summed E-state index contributed by atoms with van der Waals surface area (Å²) >= 11 is 0. The summed E-state index contributed by atoms with van der Waals surface area (Å²) in [5.41, 5.74) is 0.721. The van der Waals surface area contributed by atoms with Gasteiger partial charge in [-0.25, -0.2) is 9.48 Å². The van der Waals surface area contributed by atoms with Crippen molar-refractivity contribution in [3.8, 4) is 0 Å². The number of hydrogen-bond acceptors (Lipinski definition) is 5. The van der Waals surface area contributed by atoms with E-state index in [0.717, 1.165) is 31.9 Å². The van der Waals surface area contributed by atoms with E-state index in [-0.39, 0.29) is 6.03 Å². The Balaban J connectivity index is 1.50. The van der Waals surface area contributed by atoms with E-state index in [1.807, 2.05) is 6.92 Å². The van der Waals surface area contributed by atoms with Crippen molar-refractivity contribution in [2.24, 2.45) is 5.92 Å². The molecule has 1 atom stereocenters. The zero-order chi connectivity index (χ0) is 16.1. The first-order valence-electron chi connectivity index (χ1n) is 7.78. The molecule has 0 spiro atoms. The number of hydrogen-bond donors (Lipinski definition) is 2. The predicted molar refractivity (Wildman–Crippen MR) is 82.7 cm³/mol. The minimum Gasteiger partial charge on any atom is -0.381 e. The van der Waals surface area contributed by atoms with Crippen LogP contribution in [0.4, 0.5) is 10.6 Å². The first-order chi connectivity index (χ1) is 11.2. The van der Waals surface area contributed by atoms with Crippen LogP contribution in [-0.2, 0) is 24.4 Å². The first kappa shape index (κ1) is 15.5. The van der Waals surface area contributed by atoms with Crippen molar-refractivity contribution in [2.45, 2.75) is 33.0 Å². The lowest BCUT2D eigenvalue weighted by Crippen LogP contribution is -2.30. The molecular weight excluding hydrogens is 298 g/mol. The van der Waals surface area contributed by atoms with Gasteiger partial charge in [-0.05, 0) is 13.3 Å². The average molecular weight is 319 g/mol. The van der Waals surface area contributed by atoms with Crippen LogP contribution in [0.15, 0.2) is 18.5 Å². The number of aryl methyl sites for hydroxylation is 1. The Morgan fingerprint density at radius 1 is 1.48 bits per heavy atom. The maximum atomic E-state index is 12.0. The first-order valence-corrected chi connectivity index (χ1v) is 7.78. The lowest BCUT2D eigenvalue weighted by molar-refractivity contribution is 0.181. The Morgan fingerprint density at radius 3 is 3.13 bits per heavy atom. The fourth-order valence-corrected chi connectivity index (χ4v) is 2.45. The summed E-state index contributed by atoms with van der Waals surface area (Å²) in [5, 5.41) is 18.1. The zero-order valence-electron chi connectivity index (χ0n) is 13.1. The predicted octanol–water partition coefficient (Wildman–Crippen LogP) is 0.853. The van der Waals surface area contributed by atoms with E-state index in [4.69, 9.17) is 4.74 Å². The van der Waals surface area contributed by atoms with Gasteiger partial charge in [0.25, 0.3) is 0 Å². The van der Waals surface area contributed by atoms with Crippen molar-refractivity contribution in [3.63, 3.8) is 0 Å². The number of ether oxygens (including phenoxy) is 1. The molecule has 0 bridgehead atoms. The maximum absolute atomic E-state index is 12.0. The second-order valence-corrected chi connectivity index (χ2v) is 5.46. The Labute approximate surface area is 134 Å². The number of nitrogens with zero attached hydrogens (tertiary/aromatic N) is 5. The summed E-state index contributed by atoms with van der Waals surface area (Å²) in [6.07, 6.45) is 4.35. The van der Waals surface area contributed by atoms with Crippen LogP contribution in [0.5, 0.6) is 0 Å². The SMILES string of the molecule is CCn1ncc(CNC(=O)Nc2ccnn2CC2CCOC2)n1. The Bertz CT molecular complexity index is 645. The van der Waals surface area contributed by atoms with Crippen LogP contribution in [0.25, 0.3) is 0 Å². The molecule has 0 saturated carbocycles. The number of anilines is 1. The minimum atomic E-state index is -0.291. The highest BCUT2D eigenvalue weighted by atomic mass is 16.5. The number of amides is 2. The summed E-state index contributed by atoms with van der Waals surface area (Å²) in [6.45, 7) is 5.28. The Hall–Kier alpha value is -2.42. The second-order valence-electron chi connectivity index (χ2n) is 5.46. The molecule has 9 heteroatoms. The lowest BCUT2D eigenvalue weighted by Gasteiger charge is -2.12. The van der Waals surface area contributed by atoms with Gasteiger partial charge in [-0.1, -0.05) is 0 Å². The van der Waals surface area contributed by atoms with Crippen LogP contribution >= 0.6 is 0 Å². The van der Waals surface area contributed by atoms with E-state index in [0.29, 0.717) is 24.8 Å². The highest BCUT2D eigenvalue weighted by Gasteiger charge is 2.18. The molecule has 2 aromatic heterocycles. The van der Waals surface area contributed by atoms with Gasteiger partial charge in [0.2, 0.25) is 0 Å². The Morgan fingerprint density at radius 2 is 2.39 bits per heavy atom. The topological polar surface area (TPSA) is 98.9 Å². The molecule has 2 N–H and O–H groups in total.